The van der Waals surface area contributed by atoms with Crippen molar-refractivity contribution in [3.05, 3.63) is 42.6 Å². The van der Waals surface area contributed by atoms with Crippen molar-refractivity contribution in [1.29, 1.82) is 0 Å². The minimum absolute atomic E-state index is 0.240. The van der Waals surface area contributed by atoms with E-state index in [1.54, 1.807) is 12.1 Å². The summed E-state index contributed by atoms with van der Waals surface area (Å²) in [5.41, 5.74) is -0.860. The first-order valence-electron chi connectivity index (χ1n) is 5.62. The van der Waals surface area contributed by atoms with Crippen molar-refractivity contribution >= 4 is 54.7 Å². The minimum Gasteiger partial charge on any atom is -0.465 e. The number of hydrogen-bond donors (Lipinski definition) is 1. The molecule has 0 spiro atoms. The second kappa shape index (κ2) is 5.98. The molecule has 0 saturated heterocycles. The first kappa shape index (κ1) is 15.7. The van der Waals surface area contributed by atoms with Crippen molar-refractivity contribution in [1.82, 2.24) is 4.98 Å². The summed E-state index contributed by atoms with van der Waals surface area (Å²) in [4.78, 5) is 38.9. The summed E-state index contributed by atoms with van der Waals surface area (Å²) < 4.78 is 10.4. The molecule has 8 heteroatoms. The van der Waals surface area contributed by atoms with Crippen molar-refractivity contribution in [3.8, 4) is 0 Å². The molecule has 0 aliphatic carbocycles. The van der Waals surface area contributed by atoms with Crippen LogP contribution in [-0.4, -0.2) is 31.1 Å². The number of carbonyl (C=O) groups excluding carboxylic acids is 2. The number of aromatic amines is 1. The first-order valence-corrected chi connectivity index (χ1v) is 7.21. The lowest BCUT2D eigenvalue weighted by atomic mass is 10.1. The van der Waals surface area contributed by atoms with Gasteiger partial charge in [-0.15, -0.1) is 0 Å². The van der Waals surface area contributed by atoms with E-state index in [9.17, 15) is 14.4 Å². The van der Waals surface area contributed by atoms with Gasteiger partial charge in [0.15, 0.2) is 0 Å². The zero-order chi connectivity index (χ0) is 15.7. The number of nitrogens with one attached hydrogen (secondary N) is 1. The second-order valence-corrected chi connectivity index (χ2v) is 5.77. The number of rotatable bonds is 2. The summed E-state index contributed by atoms with van der Waals surface area (Å²) in [6.45, 7) is 0. The number of H-pyrrole nitrogens is 1. The van der Waals surface area contributed by atoms with Gasteiger partial charge < -0.3 is 14.5 Å². The van der Waals surface area contributed by atoms with E-state index in [1.807, 2.05) is 0 Å². The maximum atomic E-state index is 12.5. The van der Waals surface area contributed by atoms with Crippen LogP contribution >= 0.6 is 31.9 Å². The molecule has 2 rings (SSSR count). The average Bonchev–Trinajstić information content (AvgIpc) is 2.46. The SMILES string of the molecule is COC(=O)c1[nH]c2c(Br)cc(Br)cc2c(=O)c1C(=O)OC. The van der Waals surface area contributed by atoms with Crippen LogP contribution in [0.5, 0.6) is 0 Å². The summed E-state index contributed by atoms with van der Waals surface area (Å²) in [6.07, 6.45) is 0. The number of hydrogen-bond acceptors (Lipinski definition) is 5. The highest BCUT2D eigenvalue weighted by Gasteiger charge is 2.25. The smallest absolute Gasteiger partial charge is 0.355 e. The molecule has 1 heterocycles. The van der Waals surface area contributed by atoms with Crippen LogP contribution in [-0.2, 0) is 9.47 Å². The molecule has 0 aliphatic heterocycles. The number of pyridine rings is 1. The molecule has 1 aromatic heterocycles. The predicted molar refractivity (Wildman–Crippen MR) is 82.6 cm³/mol. The highest BCUT2D eigenvalue weighted by atomic mass is 79.9. The number of carbonyl (C=O) groups is 2. The molecule has 110 valence electrons. The normalized spacial score (nSPS) is 10.5. The molecule has 0 bridgehead atoms. The van der Waals surface area contributed by atoms with Crippen LogP contribution in [0.15, 0.2) is 25.9 Å². The Balaban J connectivity index is 2.98. The van der Waals surface area contributed by atoms with Crippen LogP contribution in [0.3, 0.4) is 0 Å². The van der Waals surface area contributed by atoms with Crippen LogP contribution < -0.4 is 5.43 Å². The number of benzene rings is 1. The number of methoxy groups -OCH3 is 2. The van der Waals surface area contributed by atoms with Crippen LogP contribution in [0, 0.1) is 0 Å². The van der Waals surface area contributed by atoms with E-state index < -0.39 is 17.4 Å². The molecule has 2 aromatic rings. The highest BCUT2D eigenvalue weighted by Crippen LogP contribution is 2.26. The van der Waals surface area contributed by atoms with E-state index in [4.69, 9.17) is 0 Å². The molecule has 0 unspecified atom stereocenters. The van der Waals surface area contributed by atoms with Crippen LogP contribution in [0.4, 0.5) is 0 Å². The van der Waals surface area contributed by atoms with Gasteiger partial charge in [-0.05, 0) is 28.1 Å². The molecule has 0 aliphatic rings. The number of halogens is 2. The molecule has 6 nitrogen and oxygen atoms in total. The van der Waals surface area contributed by atoms with Gasteiger partial charge in [-0.2, -0.15) is 0 Å². The Kier molecular flexibility index (Phi) is 4.48. The minimum atomic E-state index is -0.908. The van der Waals surface area contributed by atoms with Gasteiger partial charge in [0, 0.05) is 14.3 Å². The van der Waals surface area contributed by atoms with E-state index in [-0.39, 0.29) is 16.6 Å². The zero-order valence-corrected chi connectivity index (χ0v) is 14.1. The van der Waals surface area contributed by atoms with Crippen molar-refractivity contribution in [2.24, 2.45) is 0 Å². The Hall–Kier alpha value is -1.67. The van der Waals surface area contributed by atoms with E-state index in [0.717, 1.165) is 14.2 Å². The molecule has 0 amide bonds. The molecule has 0 saturated carbocycles. The second-order valence-electron chi connectivity index (χ2n) is 4.00. The predicted octanol–water partition coefficient (Wildman–Crippen LogP) is 2.63. The molecule has 0 radical (unpaired) electrons. The number of aromatic nitrogens is 1. The average molecular weight is 419 g/mol. The van der Waals surface area contributed by atoms with Gasteiger partial charge in [0.1, 0.15) is 11.3 Å². The Morgan fingerprint density at radius 2 is 1.71 bits per heavy atom. The fourth-order valence-corrected chi connectivity index (χ4v) is 3.19. The zero-order valence-electron chi connectivity index (χ0n) is 11.0. The Morgan fingerprint density at radius 1 is 1.10 bits per heavy atom. The third-order valence-corrected chi connectivity index (χ3v) is 3.89. The van der Waals surface area contributed by atoms with Gasteiger partial charge in [0.25, 0.3) is 0 Å². The largest absolute Gasteiger partial charge is 0.465 e. The third-order valence-electron chi connectivity index (χ3n) is 2.81. The summed E-state index contributed by atoms with van der Waals surface area (Å²) in [5, 5.41) is 0.240. The van der Waals surface area contributed by atoms with Gasteiger partial charge >= 0.3 is 11.9 Å². The fraction of sp³-hybridized carbons (Fsp3) is 0.154. The summed E-state index contributed by atoms with van der Waals surface area (Å²) in [7, 11) is 2.28. The van der Waals surface area contributed by atoms with Crippen LogP contribution in [0.2, 0.25) is 0 Å². The molecule has 0 atom stereocenters. The molecule has 1 N–H and O–H groups in total. The van der Waals surface area contributed by atoms with Crippen LogP contribution in [0.25, 0.3) is 10.9 Å². The monoisotopic (exact) mass is 417 g/mol. The Bertz CT molecular complexity index is 812. The van der Waals surface area contributed by atoms with E-state index in [0.29, 0.717) is 14.5 Å². The van der Waals surface area contributed by atoms with Crippen molar-refractivity contribution in [2.45, 2.75) is 0 Å². The lowest BCUT2D eigenvalue weighted by Crippen LogP contribution is -2.24. The molecule has 0 fully saturated rings. The van der Waals surface area contributed by atoms with Crippen molar-refractivity contribution in [2.75, 3.05) is 14.2 Å². The van der Waals surface area contributed by atoms with Gasteiger partial charge in [-0.3, -0.25) is 4.79 Å². The van der Waals surface area contributed by atoms with E-state index in [1.165, 1.54) is 0 Å². The molecular formula is C13H9Br2NO5. The Labute approximate surface area is 135 Å². The van der Waals surface area contributed by atoms with Gasteiger partial charge in [0.2, 0.25) is 5.43 Å². The molecule has 21 heavy (non-hydrogen) atoms. The van der Waals surface area contributed by atoms with Crippen molar-refractivity contribution in [3.63, 3.8) is 0 Å². The quantitative estimate of drug-likeness (QED) is 0.757. The lowest BCUT2D eigenvalue weighted by Gasteiger charge is -2.09. The van der Waals surface area contributed by atoms with Gasteiger partial charge in [0.05, 0.1) is 19.7 Å². The molecular weight excluding hydrogens is 410 g/mol. The van der Waals surface area contributed by atoms with Crippen molar-refractivity contribution < 1.29 is 19.1 Å². The maximum Gasteiger partial charge on any atom is 0.355 e. The summed E-state index contributed by atoms with van der Waals surface area (Å²) in [5.74, 6) is -1.74. The highest BCUT2D eigenvalue weighted by molar-refractivity contribution is 9.11. The summed E-state index contributed by atoms with van der Waals surface area (Å²) in [6, 6.07) is 3.25. The lowest BCUT2D eigenvalue weighted by molar-refractivity contribution is 0.0549. The standard InChI is InChI=1S/C13H9Br2NO5/c1-20-12(18)8-10(13(19)21-2)16-9-6(11(8)17)3-5(14)4-7(9)15/h3-4H,1-2H3,(H,16,17). The van der Waals surface area contributed by atoms with E-state index >= 15 is 0 Å². The maximum absolute atomic E-state index is 12.5. The first-order chi connectivity index (χ1) is 9.90. The fourth-order valence-electron chi connectivity index (χ4n) is 1.87. The Morgan fingerprint density at radius 3 is 2.29 bits per heavy atom. The van der Waals surface area contributed by atoms with Crippen LogP contribution in [0.1, 0.15) is 20.8 Å². The van der Waals surface area contributed by atoms with Gasteiger partial charge in [-0.1, -0.05) is 15.9 Å². The van der Waals surface area contributed by atoms with E-state index in [2.05, 4.69) is 46.3 Å². The third kappa shape index (κ3) is 2.73. The number of esters is 2. The number of fused-ring (bicyclic) bond motifs is 1. The molecule has 1 aromatic carbocycles. The topological polar surface area (TPSA) is 85.5 Å². The van der Waals surface area contributed by atoms with Gasteiger partial charge in [-0.25, -0.2) is 9.59 Å². The number of ether oxygens (including phenoxy) is 2. The summed E-state index contributed by atoms with van der Waals surface area (Å²) >= 11 is 6.56.